The van der Waals surface area contributed by atoms with Crippen LogP contribution in [0.25, 0.3) is 0 Å². The Morgan fingerprint density at radius 1 is 1.37 bits per heavy atom. The van der Waals surface area contributed by atoms with E-state index in [2.05, 4.69) is 0 Å². The van der Waals surface area contributed by atoms with Gasteiger partial charge in [-0.3, -0.25) is 0 Å². The third kappa shape index (κ3) is 2.45. The Labute approximate surface area is 113 Å². The van der Waals surface area contributed by atoms with Gasteiger partial charge in [-0.15, -0.1) is 0 Å². The van der Waals surface area contributed by atoms with Gasteiger partial charge in [-0.2, -0.15) is 0 Å². The average molecular weight is 265 g/mol. The maximum Gasteiger partial charge on any atom is 0.331 e. The number of carbonyl (C=O) groups excluding carboxylic acids is 1. The zero-order valence-corrected chi connectivity index (χ0v) is 11.7. The van der Waals surface area contributed by atoms with E-state index in [0.29, 0.717) is 12.4 Å². The molecule has 19 heavy (non-hydrogen) atoms. The van der Waals surface area contributed by atoms with Crippen LogP contribution in [0.2, 0.25) is 0 Å². The molecule has 0 N–H and O–H groups in total. The summed E-state index contributed by atoms with van der Waals surface area (Å²) in [6, 6.07) is 5.60. The van der Waals surface area contributed by atoms with Gasteiger partial charge in [0.15, 0.2) is 11.5 Å². The van der Waals surface area contributed by atoms with E-state index in [1.807, 2.05) is 44.0 Å². The first kappa shape index (κ1) is 13.5. The Hall–Kier alpha value is -1.91. The molecule has 1 heterocycles. The number of hydrogen-bond donors (Lipinski definition) is 0. The van der Waals surface area contributed by atoms with Crippen LogP contribution in [-0.4, -0.2) is 32.0 Å². The lowest BCUT2D eigenvalue weighted by molar-refractivity contribution is -0.148. The number of rotatable bonds is 4. The van der Waals surface area contributed by atoms with Gasteiger partial charge >= 0.3 is 5.97 Å². The highest BCUT2D eigenvalue weighted by Crippen LogP contribution is 2.36. The van der Waals surface area contributed by atoms with Crippen LogP contribution >= 0.6 is 0 Å². The molecule has 0 amide bonds. The molecule has 0 aliphatic carbocycles. The molecule has 0 atom stereocenters. The number of likely N-dealkylation sites (N-methyl/N-ethyl adjacent to an activating group) is 1. The van der Waals surface area contributed by atoms with Crippen LogP contribution in [0.3, 0.4) is 0 Å². The molecule has 0 saturated heterocycles. The second-order valence-corrected chi connectivity index (χ2v) is 4.88. The number of esters is 1. The van der Waals surface area contributed by atoms with Crippen LogP contribution in [0.4, 0.5) is 5.69 Å². The van der Waals surface area contributed by atoms with Crippen LogP contribution < -0.4 is 14.4 Å². The van der Waals surface area contributed by atoms with Crippen molar-refractivity contribution < 1.29 is 19.0 Å². The fraction of sp³-hybridized carbons (Fsp3) is 0.500. The summed E-state index contributed by atoms with van der Waals surface area (Å²) in [7, 11) is 1.86. The molecule has 5 heteroatoms. The van der Waals surface area contributed by atoms with E-state index in [1.54, 1.807) is 6.92 Å². The lowest BCUT2D eigenvalue weighted by Crippen LogP contribution is -2.49. The smallest absolute Gasteiger partial charge is 0.331 e. The van der Waals surface area contributed by atoms with Crippen LogP contribution in [-0.2, 0) is 9.53 Å². The molecule has 0 saturated carbocycles. The zero-order chi connectivity index (χ0) is 14.0. The predicted octanol–water partition coefficient (Wildman–Crippen LogP) is 2.19. The van der Waals surface area contributed by atoms with Crippen molar-refractivity contribution >= 4 is 11.7 Å². The predicted molar refractivity (Wildman–Crippen MR) is 71.7 cm³/mol. The van der Waals surface area contributed by atoms with E-state index in [1.165, 1.54) is 0 Å². The number of benzene rings is 1. The van der Waals surface area contributed by atoms with Crippen LogP contribution in [0.15, 0.2) is 18.2 Å². The van der Waals surface area contributed by atoms with Gasteiger partial charge in [0.25, 0.3) is 0 Å². The maximum absolute atomic E-state index is 12.0. The Morgan fingerprint density at radius 3 is 2.74 bits per heavy atom. The molecule has 0 fully saturated rings. The molecule has 0 spiro atoms. The van der Waals surface area contributed by atoms with Crippen molar-refractivity contribution in [2.24, 2.45) is 0 Å². The van der Waals surface area contributed by atoms with Gasteiger partial charge in [0.05, 0.1) is 6.61 Å². The summed E-state index contributed by atoms with van der Waals surface area (Å²) < 4.78 is 15.7. The van der Waals surface area contributed by atoms with E-state index in [-0.39, 0.29) is 12.8 Å². The number of anilines is 1. The average Bonchev–Trinajstić information content (AvgIpc) is 2.85. The molecular weight excluding hydrogens is 246 g/mol. The summed E-state index contributed by atoms with van der Waals surface area (Å²) in [5.41, 5.74) is 0.131. The molecule has 0 bridgehead atoms. The third-order valence-corrected chi connectivity index (χ3v) is 3.36. The zero-order valence-electron chi connectivity index (χ0n) is 11.7. The summed E-state index contributed by atoms with van der Waals surface area (Å²) in [5, 5.41) is 0. The van der Waals surface area contributed by atoms with Gasteiger partial charge in [0.1, 0.15) is 5.54 Å². The van der Waals surface area contributed by atoms with E-state index >= 15 is 0 Å². The molecule has 1 aliphatic heterocycles. The fourth-order valence-electron chi connectivity index (χ4n) is 1.86. The Morgan fingerprint density at radius 2 is 2.05 bits per heavy atom. The largest absolute Gasteiger partial charge is 0.464 e. The second-order valence-electron chi connectivity index (χ2n) is 4.88. The molecule has 0 unspecified atom stereocenters. The van der Waals surface area contributed by atoms with E-state index in [9.17, 15) is 4.79 Å². The van der Waals surface area contributed by atoms with Gasteiger partial charge in [-0.25, -0.2) is 4.79 Å². The van der Waals surface area contributed by atoms with Crippen molar-refractivity contribution in [2.45, 2.75) is 26.3 Å². The second kappa shape index (κ2) is 4.99. The Balaban J connectivity index is 2.23. The van der Waals surface area contributed by atoms with Crippen molar-refractivity contribution in [1.29, 1.82) is 0 Å². The highest BCUT2D eigenvalue weighted by Gasteiger charge is 2.34. The lowest BCUT2D eigenvalue weighted by Gasteiger charge is -2.35. The molecule has 2 rings (SSSR count). The van der Waals surface area contributed by atoms with Crippen molar-refractivity contribution in [2.75, 3.05) is 25.3 Å². The minimum absolute atomic E-state index is 0.240. The molecule has 0 radical (unpaired) electrons. The lowest BCUT2D eigenvalue weighted by atomic mass is 10.0. The standard InChI is InChI=1S/C14H19NO4/c1-5-17-13(16)14(2,3)15(4)10-6-7-11-12(8-10)19-9-18-11/h6-8H,5,9H2,1-4H3. The van der Waals surface area contributed by atoms with Crippen molar-refractivity contribution in [1.82, 2.24) is 0 Å². The number of carbonyl (C=O) groups is 1. The summed E-state index contributed by atoms with van der Waals surface area (Å²) in [6.45, 7) is 6.07. The van der Waals surface area contributed by atoms with Crippen LogP contribution in [0, 0.1) is 0 Å². The quantitative estimate of drug-likeness (QED) is 0.781. The minimum atomic E-state index is -0.746. The van der Waals surface area contributed by atoms with Gasteiger partial charge in [0, 0.05) is 18.8 Å². The normalized spacial score (nSPS) is 13.3. The first-order chi connectivity index (χ1) is 8.96. The van der Waals surface area contributed by atoms with Crippen molar-refractivity contribution in [3.8, 4) is 11.5 Å². The van der Waals surface area contributed by atoms with Gasteiger partial charge in [0.2, 0.25) is 6.79 Å². The van der Waals surface area contributed by atoms with E-state index in [0.717, 1.165) is 11.4 Å². The number of nitrogens with zero attached hydrogens (tertiary/aromatic N) is 1. The van der Waals surface area contributed by atoms with Crippen molar-refractivity contribution in [3.05, 3.63) is 18.2 Å². The monoisotopic (exact) mass is 265 g/mol. The first-order valence-electron chi connectivity index (χ1n) is 6.27. The topological polar surface area (TPSA) is 48.0 Å². The van der Waals surface area contributed by atoms with Gasteiger partial charge in [-0.05, 0) is 32.9 Å². The SMILES string of the molecule is CCOC(=O)C(C)(C)N(C)c1ccc2c(c1)OCO2. The fourth-order valence-corrected chi connectivity index (χ4v) is 1.86. The minimum Gasteiger partial charge on any atom is -0.464 e. The molecule has 1 aromatic rings. The summed E-state index contributed by atoms with van der Waals surface area (Å²) >= 11 is 0. The van der Waals surface area contributed by atoms with E-state index < -0.39 is 5.54 Å². The van der Waals surface area contributed by atoms with E-state index in [4.69, 9.17) is 14.2 Å². The Kier molecular flexibility index (Phi) is 3.55. The summed E-state index contributed by atoms with van der Waals surface area (Å²) in [4.78, 5) is 13.9. The van der Waals surface area contributed by atoms with Crippen LogP contribution in [0.1, 0.15) is 20.8 Å². The number of hydrogen-bond acceptors (Lipinski definition) is 5. The summed E-state index contributed by atoms with van der Waals surface area (Å²) in [5.74, 6) is 1.17. The summed E-state index contributed by atoms with van der Waals surface area (Å²) in [6.07, 6.45) is 0. The molecule has 1 aromatic carbocycles. The van der Waals surface area contributed by atoms with Gasteiger partial charge in [-0.1, -0.05) is 0 Å². The first-order valence-corrected chi connectivity index (χ1v) is 6.27. The number of ether oxygens (including phenoxy) is 3. The van der Waals surface area contributed by atoms with Crippen LogP contribution in [0.5, 0.6) is 11.5 Å². The number of fused-ring (bicyclic) bond motifs is 1. The molecule has 1 aliphatic rings. The third-order valence-electron chi connectivity index (χ3n) is 3.36. The highest BCUT2D eigenvalue weighted by atomic mass is 16.7. The molecule has 5 nitrogen and oxygen atoms in total. The van der Waals surface area contributed by atoms with Gasteiger partial charge < -0.3 is 19.1 Å². The molecular formula is C14H19NO4. The molecule has 0 aromatic heterocycles. The van der Waals surface area contributed by atoms with Crippen molar-refractivity contribution in [3.63, 3.8) is 0 Å². The Bertz CT molecular complexity index is 484. The molecule has 104 valence electrons. The maximum atomic E-state index is 12.0. The highest BCUT2D eigenvalue weighted by molar-refractivity contribution is 5.84.